The Hall–Kier alpha value is -2.54. The highest BCUT2D eigenvalue weighted by Gasteiger charge is 2.04. The predicted octanol–water partition coefficient (Wildman–Crippen LogP) is 2.05. The van der Waals surface area contributed by atoms with Gasteiger partial charge in [0.05, 0.1) is 20.1 Å². The van der Waals surface area contributed by atoms with E-state index < -0.39 is 0 Å². The van der Waals surface area contributed by atoms with Crippen molar-refractivity contribution in [3.63, 3.8) is 0 Å². The first-order valence-electron chi connectivity index (χ1n) is 6.47. The standard InChI is InChI=1S/C14H15ClN4O3/c1-21-13-6-8-16-14(17-13)19-18-12(20)7-9-22-11-4-2-10(15)3-5-11/h2-6,8H,7,9H2,1H3,(H,18,20)(H,16,17,19). The number of nitrogens with zero attached hydrogens (tertiary/aromatic N) is 2. The van der Waals surface area contributed by atoms with Gasteiger partial charge in [0, 0.05) is 17.3 Å². The summed E-state index contributed by atoms with van der Waals surface area (Å²) in [4.78, 5) is 19.6. The third kappa shape index (κ3) is 5.10. The molecule has 0 unspecified atom stereocenters. The maximum absolute atomic E-state index is 11.7. The minimum Gasteiger partial charge on any atom is -0.493 e. The number of halogens is 1. The molecule has 0 bridgehead atoms. The molecule has 1 amide bonds. The number of hydrazine groups is 1. The molecule has 0 aliphatic carbocycles. The molecule has 116 valence electrons. The van der Waals surface area contributed by atoms with E-state index in [4.69, 9.17) is 21.1 Å². The molecule has 0 saturated heterocycles. The Bertz CT molecular complexity index is 622. The molecule has 2 rings (SSSR count). The molecule has 1 heterocycles. The second-order valence-electron chi connectivity index (χ2n) is 4.15. The molecule has 8 heteroatoms. The zero-order valence-corrected chi connectivity index (χ0v) is 12.6. The van der Waals surface area contributed by atoms with Crippen LogP contribution in [0.4, 0.5) is 5.95 Å². The highest BCUT2D eigenvalue weighted by Crippen LogP contribution is 2.15. The summed E-state index contributed by atoms with van der Waals surface area (Å²) in [5.74, 6) is 1.05. The SMILES string of the molecule is COc1ccnc(NNC(=O)CCOc2ccc(Cl)cc2)n1. The number of carbonyl (C=O) groups excluding carboxylic acids is 1. The Morgan fingerprint density at radius 2 is 2.05 bits per heavy atom. The first-order chi connectivity index (χ1) is 10.7. The Kier molecular flexibility index (Phi) is 5.79. The van der Waals surface area contributed by atoms with Crippen LogP contribution in [0, 0.1) is 0 Å². The van der Waals surface area contributed by atoms with E-state index in [9.17, 15) is 4.79 Å². The van der Waals surface area contributed by atoms with Gasteiger partial charge in [-0.25, -0.2) is 4.98 Å². The molecule has 0 atom stereocenters. The summed E-state index contributed by atoms with van der Waals surface area (Å²) in [5, 5.41) is 0.632. The van der Waals surface area contributed by atoms with E-state index in [0.717, 1.165) is 0 Å². The maximum Gasteiger partial charge on any atom is 0.245 e. The first-order valence-corrected chi connectivity index (χ1v) is 6.85. The lowest BCUT2D eigenvalue weighted by molar-refractivity contribution is -0.121. The quantitative estimate of drug-likeness (QED) is 0.759. The van der Waals surface area contributed by atoms with Gasteiger partial charge in [-0.05, 0) is 24.3 Å². The second-order valence-corrected chi connectivity index (χ2v) is 4.58. The fourth-order valence-electron chi connectivity index (χ4n) is 1.50. The lowest BCUT2D eigenvalue weighted by atomic mass is 10.3. The maximum atomic E-state index is 11.7. The van der Waals surface area contributed by atoms with Crippen LogP contribution in [0.2, 0.25) is 5.02 Å². The number of amides is 1. The van der Waals surface area contributed by atoms with Crippen molar-refractivity contribution < 1.29 is 14.3 Å². The predicted molar refractivity (Wildman–Crippen MR) is 81.9 cm³/mol. The van der Waals surface area contributed by atoms with Gasteiger partial charge in [0.1, 0.15) is 5.75 Å². The molecule has 0 aliphatic rings. The topological polar surface area (TPSA) is 85.4 Å². The minimum absolute atomic E-state index is 0.180. The number of carbonyl (C=O) groups is 1. The van der Waals surface area contributed by atoms with E-state index in [-0.39, 0.29) is 24.9 Å². The van der Waals surface area contributed by atoms with Crippen molar-refractivity contribution >= 4 is 23.5 Å². The van der Waals surface area contributed by atoms with Crippen molar-refractivity contribution in [2.75, 3.05) is 19.1 Å². The van der Waals surface area contributed by atoms with Crippen molar-refractivity contribution in [3.05, 3.63) is 41.6 Å². The van der Waals surface area contributed by atoms with E-state index in [2.05, 4.69) is 20.8 Å². The van der Waals surface area contributed by atoms with Crippen LogP contribution in [0.15, 0.2) is 36.5 Å². The molecule has 0 spiro atoms. The Labute approximate surface area is 132 Å². The molecule has 22 heavy (non-hydrogen) atoms. The second kappa shape index (κ2) is 8.04. The van der Waals surface area contributed by atoms with Crippen LogP contribution in [-0.2, 0) is 4.79 Å². The van der Waals surface area contributed by atoms with Crippen LogP contribution < -0.4 is 20.3 Å². The molecule has 1 aromatic heterocycles. The van der Waals surface area contributed by atoms with E-state index >= 15 is 0 Å². The van der Waals surface area contributed by atoms with Crippen molar-refractivity contribution in [2.24, 2.45) is 0 Å². The summed E-state index contributed by atoms with van der Waals surface area (Å²) < 4.78 is 10.4. The number of rotatable bonds is 7. The van der Waals surface area contributed by atoms with Gasteiger partial charge in [0.25, 0.3) is 0 Å². The molecule has 0 radical (unpaired) electrons. The van der Waals surface area contributed by atoms with Crippen LogP contribution in [0.3, 0.4) is 0 Å². The van der Waals surface area contributed by atoms with Crippen molar-refractivity contribution in [1.29, 1.82) is 0 Å². The summed E-state index contributed by atoms with van der Waals surface area (Å²) in [6, 6.07) is 8.52. The zero-order valence-electron chi connectivity index (χ0n) is 11.9. The largest absolute Gasteiger partial charge is 0.493 e. The third-order valence-corrected chi connectivity index (χ3v) is 2.82. The van der Waals surface area contributed by atoms with E-state index in [1.165, 1.54) is 13.3 Å². The van der Waals surface area contributed by atoms with Gasteiger partial charge in [0.2, 0.25) is 17.7 Å². The molecule has 1 aromatic carbocycles. The van der Waals surface area contributed by atoms with E-state index in [1.807, 2.05) is 0 Å². The van der Waals surface area contributed by atoms with Crippen LogP contribution in [0.5, 0.6) is 11.6 Å². The molecular weight excluding hydrogens is 308 g/mol. The monoisotopic (exact) mass is 322 g/mol. The number of benzene rings is 1. The van der Waals surface area contributed by atoms with Crippen LogP contribution in [0.1, 0.15) is 6.42 Å². The summed E-state index contributed by atoms with van der Waals surface area (Å²) in [6.45, 7) is 0.244. The average Bonchev–Trinajstić information content (AvgIpc) is 2.55. The van der Waals surface area contributed by atoms with Crippen molar-refractivity contribution in [3.8, 4) is 11.6 Å². The number of ether oxygens (including phenoxy) is 2. The molecule has 2 aromatic rings. The van der Waals surface area contributed by atoms with Gasteiger partial charge < -0.3 is 9.47 Å². The van der Waals surface area contributed by atoms with Gasteiger partial charge in [-0.3, -0.25) is 15.6 Å². The number of anilines is 1. The van der Waals surface area contributed by atoms with Gasteiger partial charge in [-0.15, -0.1) is 0 Å². The minimum atomic E-state index is -0.250. The molecule has 0 fully saturated rings. The summed E-state index contributed by atoms with van der Waals surface area (Å²) >= 11 is 5.77. The molecular formula is C14H15ClN4O3. The van der Waals surface area contributed by atoms with Crippen molar-refractivity contribution in [1.82, 2.24) is 15.4 Å². The smallest absolute Gasteiger partial charge is 0.245 e. The zero-order chi connectivity index (χ0) is 15.8. The Morgan fingerprint density at radius 3 is 2.77 bits per heavy atom. The Balaban J connectivity index is 1.70. The number of nitrogens with one attached hydrogen (secondary N) is 2. The average molecular weight is 323 g/mol. The first kappa shape index (κ1) is 15.8. The van der Waals surface area contributed by atoms with E-state index in [1.54, 1.807) is 30.3 Å². The lowest BCUT2D eigenvalue weighted by Gasteiger charge is -2.08. The molecule has 2 N–H and O–H groups in total. The summed E-state index contributed by atoms with van der Waals surface area (Å²) in [5.41, 5.74) is 5.08. The third-order valence-electron chi connectivity index (χ3n) is 2.56. The number of hydrogen-bond donors (Lipinski definition) is 2. The van der Waals surface area contributed by atoms with Crippen LogP contribution in [0.25, 0.3) is 0 Å². The van der Waals surface area contributed by atoms with Gasteiger partial charge in [-0.1, -0.05) is 11.6 Å². The fraction of sp³-hybridized carbons (Fsp3) is 0.214. The number of hydrogen-bond acceptors (Lipinski definition) is 6. The van der Waals surface area contributed by atoms with Gasteiger partial charge >= 0.3 is 0 Å². The number of aromatic nitrogens is 2. The van der Waals surface area contributed by atoms with Crippen LogP contribution >= 0.6 is 11.6 Å². The fourth-order valence-corrected chi connectivity index (χ4v) is 1.62. The summed E-state index contributed by atoms with van der Waals surface area (Å²) in [6.07, 6.45) is 1.70. The highest BCUT2D eigenvalue weighted by molar-refractivity contribution is 6.30. The molecule has 7 nitrogen and oxygen atoms in total. The van der Waals surface area contributed by atoms with Crippen LogP contribution in [-0.4, -0.2) is 29.6 Å². The number of methoxy groups -OCH3 is 1. The Morgan fingerprint density at radius 1 is 1.27 bits per heavy atom. The molecule has 0 saturated carbocycles. The molecule has 0 aliphatic heterocycles. The normalized spacial score (nSPS) is 9.91. The lowest BCUT2D eigenvalue weighted by Crippen LogP contribution is -2.31. The van der Waals surface area contributed by atoms with Gasteiger partial charge in [0.15, 0.2) is 0 Å². The van der Waals surface area contributed by atoms with E-state index in [0.29, 0.717) is 16.7 Å². The summed E-state index contributed by atoms with van der Waals surface area (Å²) in [7, 11) is 1.50. The highest BCUT2D eigenvalue weighted by atomic mass is 35.5. The van der Waals surface area contributed by atoms with Crippen molar-refractivity contribution in [2.45, 2.75) is 6.42 Å². The van der Waals surface area contributed by atoms with Gasteiger partial charge in [-0.2, -0.15) is 4.98 Å².